The lowest BCUT2D eigenvalue weighted by Crippen LogP contribution is -2.48. The highest BCUT2D eigenvalue weighted by Crippen LogP contribution is 2.36. The fourth-order valence-corrected chi connectivity index (χ4v) is 5.71. The van der Waals surface area contributed by atoms with E-state index in [1.54, 1.807) is 6.07 Å². The van der Waals surface area contributed by atoms with E-state index in [4.69, 9.17) is 12.2 Å². The van der Waals surface area contributed by atoms with Gasteiger partial charge in [-0.05, 0) is 41.3 Å². The maximum atomic E-state index is 12.5. The van der Waals surface area contributed by atoms with E-state index in [0.717, 1.165) is 52.5 Å². The first kappa shape index (κ1) is 20.3. The summed E-state index contributed by atoms with van der Waals surface area (Å²) in [7, 11) is 0. The number of piperidine rings is 1. The van der Waals surface area contributed by atoms with E-state index in [2.05, 4.69) is 22.3 Å². The molecule has 1 fully saturated rings. The molecule has 5 rings (SSSR count). The van der Waals surface area contributed by atoms with Gasteiger partial charge < -0.3 is 14.8 Å². The number of benzene rings is 2. The Balaban J connectivity index is 1.19. The number of pyridine rings is 1. The van der Waals surface area contributed by atoms with Gasteiger partial charge in [0.2, 0.25) is 5.91 Å². The van der Waals surface area contributed by atoms with E-state index in [1.165, 1.54) is 11.8 Å². The van der Waals surface area contributed by atoms with Crippen molar-refractivity contribution in [3.63, 3.8) is 0 Å². The zero-order valence-electron chi connectivity index (χ0n) is 17.0. The lowest BCUT2D eigenvalue weighted by atomic mass is 9.83. The largest absolute Gasteiger partial charge is 0.356 e. The van der Waals surface area contributed by atoms with Crippen molar-refractivity contribution in [2.24, 2.45) is 5.92 Å². The second-order valence-electron chi connectivity index (χ2n) is 8.27. The molecule has 1 saturated heterocycles. The van der Waals surface area contributed by atoms with Gasteiger partial charge in [-0.3, -0.25) is 9.59 Å². The number of aromatic nitrogens is 1. The van der Waals surface area contributed by atoms with Gasteiger partial charge in [0.25, 0.3) is 5.56 Å². The number of nitrogens with one attached hydrogen (secondary N) is 1. The summed E-state index contributed by atoms with van der Waals surface area (Å²) in [4.78, 5) is 26.9. The number of nitrogens with zero attached hydrogens (tertiary/aromatic N) is 2. The second-order valence-corrected chi connectivity index (χ2v) is 9.88. The third kappa shape index (κ3) is 4.25. The molecule has 2 aliphatic rings. The first-order valence-electron chi connectivity index (χ1n) is 10.5. The van der Waals surface area contributed by atoms with Crippen molar-refractivity contribution in [1.29, 1.82) is 0 Å². The Morgan fingerprint density at radius 3 is 2.74 bits per heavy atom. The first-order valence-corrected chi connectivity index (χ1v) is 11.9. The number of thioether (sulfide) groups is 1. The predicted molar refractivity (Wildman–Crippen MR) is 131 cm³/mol. The van der Waals surface area contributed by atoms with Crippen LogP contribution in [0, 0.1) is 5.92 Å². The Kier molecular flexibility index (Phi) is 5.54. The predicted octanol–water partition coefficient (Wildman–Crippen LogP) is 4.08. The number of anilines is 1. The third-order valence-corrected chi connectivity index (χ3v) is 7.62. The van der Waals surface area contributed by atoms with Crippen molar-refractivity contribution in [1.82, 2.24) is 9.47 Å². The molecule has 2 bridgehead atoms. The quantitative estimate of drug-likeness (QED) is 0.611. The van der Waals surface area contributed by atoms with Crippen molar-refractivity contribution in [2.45, 2.75) is 18.9 Å². The summed E-state index contributed by atoms with van der Waals surface area (Å²) in [6.07, 6.45) is 1.09. The summed E-state index contributed by atoms with van der Waals surface area (Å²) in [6, 6.07) is 19.5. The summed E-state index contributed by atoms with van der Waals surface area (Å²) < 4.78 is 2.68. The zero-order chi connectivity index (χ0) is 21.4. The smallest absolute Gasteiger partial charge is 0.250 e. The van der Waals surface area contributed by atoms with E-state index in [9.17, 15) is 9.59 Å². The Morgan fingerprint density at radius 1 is 1.03 bits per heavy atom. The van der Waals surface area contributed by atoms with Gasteiger partial charge in [-0.1, -0.05) is 60.4 Å². The molecule has 0 saturated carbocycles. The van der Waals surface area contributed by atoms with Gasteiger partial charge in [-0.2, -0.15) is 0 Å². The molecule has 0 unspecified atom stereocenters. The molecular formula is C24H23N3O2S2. The minimum absolute atomic E-state index is 0.0586. The molecule has 1 amide bonds. The molecule has 7 heteroatoms. The Hall–Kier alpha value is -2.64. The molecule has 3 aromatic rings. The molecule has 2 atom stereocenters. The van der Waals surface area contributed by atoms with Crippen LogP contribution in [-0.4, -0.2) is 38.5 Å². The number of carbonyl (C=O) groups is 1. The Bertz CT molecular complexity index is 1220. The van der Waals surface area contributed by atoms with E-state index in [-0.39, 0.29) is 17.2 Å². The maximum Gasteiger partial charge on any atom is 0.250 e. The molecule has 1 N–H and O–H groups in total. The number of carbonyl (C=O) groups excluding carboxylic acids is 1. The summed E-state index contributed by atoms with van der Waals surface area (Å²) in [5, 5.41) is 5.22. The van der Waals surface area contributed by atoms with E-state index in [0.29, 0.717) is 11.8 Å². The minimum Gasteiger partial charge on any atom is -0.356 e. The van der Waals surface area contributed by atoms with Crippen molar-refractivity contribution in [3.8, 4) is 0 Å². The topological polar surface area (TPSA) is 54.3 Å². The third-order valence-electron chi connectivity index (χ3n) is 6.10. The molecule has 158 valence electrons. The molecular weight excluding hydrogens is 426 g/mol. The van der Waals surface area contributed by atoms with Gasteiger partial charge in [0.15, 0.2) is 0 Å². The van der Waals surface area contributed by atoms with Gasteiger partial charge in [-0.25, -0.2) is 0 Å². The van der Waals surface area contributed by atoms with Crippen LogP contribution in [0.3, 0.4) is 0 Å². The number of fused-ring (bicyclic) bond motifs is 5. The molecule has 5 nitrogen and oxygen atoms in total. The Morgan fingerprint density at radius 2 is 1.87 bits per heavy atom. The van der Waals surface area contributed by atoms with Crippen LogP contribution in [0.1, 0.15) is 18.0 Å². The van der Waals surface area contributed by atoms with Crippen molar-refractivity contribution in [3.05, 3.63) is 76.7 Å². The minimum atomic E-state index is -0.0586. The van der Waals surface area contributed by atoms with Gasteiger partial charge >= 0.3 is 0 Å². The average Bonchev–Trinajstić information content (AvgIpc) is 2.78. The van der Waals surface area contributed by atoms with Crippen LogP contribution in [0.4, 0.5) is 5.69 Å². The van der Waals surface area contributed by atoms with Crippen LogP contribution in [0.25, 0.3) is 10.8 Å². The SMILES string of the molecule is O=C(CSC(=S)N1C[C@@H]2C[C@H](C1)c1cccc(=O)n1C2)Nc1ccc2ccccc2c1. The van der Waals surface area contributed by atoms with Crippen LogP contribution < -0.4 is 10.9 Å². The van der Waals surface area contributed by atoms with Crippen molar-refractivity contribution in [2.75, 3.05) is 24.2 Å². The van der Waals surface area contributed by atoms with Crippen LogP contribution in [0.15, 0.2) is 65.5 Å². The number of thiocarbonyl (C=S) groups is 1. The molecule has 3 heterocycles. The Labute approximate surface area is 190 Å². The molecule has 0 radical (unpaired) electrons. The lowest BCUT2D eigenvalue weighted by Gasteiger charge is -2.43. The van der Waals surface area contributed by atoms with Crippen LogP contribution in [-0.2, 0) is 11.3 Å². The van der Waals surface area contributed by atoms with Gasteiger partial charge in [0, 0.05) is 43.0 Å². The van der Waals surface area contributed by atoms with Gasteiger partial charge in [0.1, 0.15) is 4.32 Å². The maximum absolute atomic E-state index is 12.5. The van der Waals surface area contributed by atoms with Crippen molar-refractivity contribution >= 4 is 50.7 Å². The molecule has 2 aliphatic heterocycles. The first-order chi connectivity index (χ1) is 15.1. The van der Waals surface area contributed by atoms with Gasteiger partial charge in [-0.15, -0.1) is 0 Å². The summed E-state index contributed by atoms with van der Waals surface area (Å²) >= 11 is 7.08. The summed E-state index contributed by atoms with van der Waals surface area (Å²) in [6.45, 7) is 2.39. The fourth-order valence-electron chi connectivity index (χ4n) is 4.73. The van der Waals surface area contributed by atoms with Crippen molar-refractivity contribution < 1.29 is 4.79 Å². The highest BCUT2D eigenvalue weighted by Gasteiger charge is 2.35. The molecule has 31 heavy (non-hydrogen) atoms. The van der Waals surface area contributed by atoms with E-state index < -0.39 is 0 Å². The van der Waals surface area contributed by atoms with E-state index >= 15 is 0 Å². The second kappa shape index (κ2) is 8.48. The van der Waals surface area contributed by atoms with Crippen LogP contribution >= 0.6 is 24.0 Å². The van der Waals surface area contributed by atoms with Crippen LogP contribution in [0.2, 0.25) is 0 Å². The number of amides is 1. The lowest BCUT2D eigenvalue weighted by molar-refractivity contribution is -0.113. The molecule has 2 aromatic carbocycles. The van der Waals surface area contributed by atoms with E-state index in [1.807, 2.05) is 47.0 Å². The number of hydrogen-bond donors (Lipinski definition) is 1. The highest BCUT2D eigenvalue weighted by atomic mass is 32.2. The number of hydrogen-bond acceptors (Lipinski definition) is 4. The van der Waals surface area contributed by atoms with Gasteiger partial charge in [0.05, 0.1) is 5.75 Å². The average molecular weight is 450 g/mol. The monoisotopic (exact) mass is 449 g/mol. The normalized spacial score (nSPS) is 19.7. The zero-order valence-corrected chi connectivity index (χ0v) is 18.6. The number of rotatable bonds is 3. The molecule has 1 aromatic heterocycles. The highest BCUT2D eigenvalue weighted by molar-refractivity contribution is 8.23. The number of likely N-dealkylation sites (tertiary alicyclic amines) is 1. The molecule has 0 spiro atoms. The summed E-state index contributed by atoms with van der Waals surface area (Å²) in [5.74, 6) is 0.951. The summed E-state index contributed by atoms with van der Waals surface area (Å²) in [5.41, 5.74) is 1.99. The molecule has 0 aliphatic carbocycles. The fraction of sp³-hybridized carbons (Fsp3) is 0.292. The standard InChI is InChI=1S/C24H23N3O2S2/c28-22(25-20-9-8-17-4-1-2-5-18(17)11-20)15-31-24(30)26-12-16-10-19(14-26)21-6-3-7-23(29)27(21)13-16/h1-9,11,16,19H,10,12-15H2,(H,25,28)/t16-,19+/m0/s1. The van der Waals surface area contributed by atoms with Crippen LogP contribution in [0.5, 0.6) is 0 Å².